The van der Waals surface area contributed by atoms with Gasteiger partial charge < -0.3 is 9.84 Å². The van der Waals surface area contributed by atoms with Crippen molar-refractivity contribution in [2.24, 2.45) is 0 Å². The Morgan fingerprint density at radius 3 is 2.22 bits per heavy atom. The minimum Gasteiger partial charge on any atom is -0.507 e. The number of rotatable bonds is 4. The maximum atomic E-state index is 13.2. The van der Waals surface area contributed by atoms with E-state index in [1.807, 2.05) is 39.0 Å². The van der Waals surface area contributed by atoms with Crippen LogP contribution in [0.3, 0.4) is 0 Å². The Balaban J connectivity index is 1.96. The molecule has 32 heavy (non-hydrogen) atoms. The highest BCUT2D eigenvalue weighted by Gasteiger charge is 2.47. The second kappa shape index (κ2) is 8.30. The van der Waals surface area contributed by atoms with Crippen LogP contribution in [0.4, 0.5) is 5.69 Å². The molecule has 1 saturated heterocycles. The fourth-order valence-electron chi connectivity index (χ4n) is 4.22. The summed E-state index contributed by atoms with van der Waals surface area (Å²) in [6, 6.07) is 13.6. The molecule has 0 spiro atoms. The number of aliphatic hydroxyl groups is 1. The summed E-state index contributed by atoms with van der Waals surface area (Å²) in [6.45, 7) is 5.70. The van der Waals surface area contributed by atoms with Gasteiger partial charge in [0.15, 0.2) is 0 Å². The average molecular weight is 428 g/mol. The van der Waals surface area contributed by atoms with Crippen LogP contribution < -0.4 is 9.64 Å². The number of aliphatic hydroxyl groups excluding tert-OH is 1. The quantitative estimate of drug-likeness (QED) is 0.372. The number of aryl methyl sites for hydroxylation is 3. The minimum absolute atomic E-state index is 0.0497. The Morgan fingerprint density at radius 2 is 1.62 bits per heavy atom. The van der Waals surface area contributed by atoms with E-state index in [2.05, 4.69) is 4.98 Å². The maximum absolute atomic E-state index is 13.2. The molecule has 4 rings (SSSR count). The van der Waals surface area contributed by atoms with Gasteiger partial charge >= 0.3 is 0 Å². The molecule has 162 valence electrons. The molecule has 1 aliphatic heterocycles. The number of carbonyl (C=O) groups excluding carboxylic acids is 2. The van der Waals surface area contributed by atoms with Crippen molar-refractivity contribution in [1.82, 2.24) is 4.98 Å². The molecular weight excluding hydrogens is 404 g/mol. The summed E-state index contributed by atoms with van der Waals surface area (Å²) < 4.78 is 5.25. The Bertz CT molecular complexity index is 1230. The van der Waals surface area contributed by atoms with E-state index in [1.54, 1.807) is 49.8 Å². The van der Waals surface area contributed by atoms with E-state index in [0.717, 1.165) is 16.7 Å². The Kier molecular flexibility index (Phi) is 5.53. The Labute approximate surface area is 186 Å². The number of ether oxygens (including phenoxy) is 1. The molecule has 1 atom stereocenters. The number of amides is 1. The summed E-state index contributed by atoms with van der Waals surface area (Å²) in [5.74, 6) is -0.971. The van der Waals surface area contributed by atoms with E-state index in [-0.39, 0.29) is 11.3 Å². The molecular formula is C26H24N2O4. The standard InChI is InChI=1S/C26H24N2O4/c1-15-11-16(2)13-19(12-15)28-23(18-7-9-27-10-8-18)22(25(30)26(28)31)24(29)21-6-5-20(32-4)14-17(21)3/h5-14,23,29H,1-4H3/b24-22-. The smallest absolute Gasteiger partial charge is 0.300 e. The van der Waals surface area contributed by atoms with E-state index < -0.39 is 17.7 Å². The van der Waals surface area contributed by atoms with Crippen molar-refractivity contribution in [1.29, 1.82) is 0 Å². The van der Waals surface area contributed by atoms with Gasteiger partial charge in [0, 0.05) is 23.6 Å². The van der Waals surface area contributed by atoms with Crippen molar-refractivity contribution in [2.75, 3.05) is 12.0 Å². The zero-order valence-electron chi connectivity index (χ0n) is 18.4. The summed E-state index contributed by atoms with van der Waals surface area (Å²) in [4.78, 5) is 32.0. The number of Topliss-reactive ketones (excluding diaryl/α,β-unsaturated/α-hetero) is 1. The highest BCUT2D eigenvalue weighted by atomic mass is 16.5. The molecule has 1 amide bonds. The number of nitrogens with zero attached hydrogens (tertiary/aromatic N) is 2. The van der Waals surface area contributed by atoms with Crippen LogP contribution in [-0.4, -0.2) is 28.9 Å². The van der Waals surface area contributed by atoms with Gasteiger partial charge in [-0.2, -0.15) is 0 Å². The molecule has 1 unspecified atom stereocenters. The third kappa shape index (κ3) is 3.64. The summed E-state index contributed by atoms with van der Waals surface area (Å²) in [7, 11) is 1.56. The number of methoxy groups -OCH3 is 1. The lowest BCUT2D eigenvalue weighted by molar-refractivity contribution is -0.132. The molecule has 1 fully saturated rings. The molecule has 0 radical (unpaired) electrons. The first-order chi connectivity index (χ1) is 15.3. The van der Waals surface area contributed by atoms with Crippen LogP contribution in [0.1, 0.15) is 33.9 Å². The van der Waals surface area contributed by atoms with Crippen LogP contribution in [0.2, 0.25) is 0 Å². The second-order valence-corrected chi connectivity index (χ2v) is 7.98. The molecule has 2 heterocycles. The van der Waals surface area contributed by atoms with Crippen LogP contribution in [0.5, 0.6) is 5.75 Å². The number of ketones is 1. The molecule has 0 saturated carbocycles. The van der Waals surface area contributed by atoms with Crippen molar-refractivity contribution < 1.29 is 19.4 Å². The number of hydrogen-bond acceptors (Lipinski definition) is 5. The van der Waals surface area contributed by atoms with E-state index in [9.17, 15) is 14.7 Å². The normalized spacial score (nSPS) is 17.6. The summed E-state index contributed by atoms with van der Waals surface area (Å²) in [6.07, 6.45) is 3.21. The third-order valence-electron chi connectivity index (χ3n) is 5.64. The lowest BCUT2D eigenvalue weighted by Gasteiger charge is -2.26. The van der Waals surface area contributed by atoms with E-state index in [4.69, 9.17) is 4.74 Å². The first kappa shape index (κ1) is 21.3. The number of pyridine rings is 1. The van der Waals surface area contributed by atoms with E-state index >= 15 is 0 Å². The van der Waals surface area contributed by atoms with Gasteiger partial charge in [-0.25, -0.2) is 0 Å². The van der Waals surface area contributed by atoms with Gasteiger partial charge in [-0.15, -0.1) is 0 Å². The molecule has 0 aliphatic carbocycles. The number of carbonyl (C=O) groups is 2. The van der Waals surface area contributed by atoms with Gasteiger partial charge in [0.25, 0.3) is 11.7 Å². The molecule has 6 nitrogen and oxygen atoms in total. The van der Waals surface area contributed by atoms with Crippen molar-refractivity contribution in [3.63, 3.8) is 0 Å². The SMILES string of the molecule is COc1ccc(/C(O)=C2/C(=O)C(=O)N(c3cc(C)cc(C)c3)C2c2ccncc2)c(C)c1. The van der Waals surface area contributed by atoms with Crippen molar-refractivity contribution in [3.8, 4) is 5.75 Å². The zero-order valence-corrected chi connectivity index (χ0v) is 18.4. The summed E-state index contributed by atoms with van der Waals surface area (Å²) in [5.41, 5.74) is 4.50. The van der Waals surface area contributed by atoms with E-state index in [0.29, 0.717) is 22.6 Å². The Hall–Kier alpha value is -3.93. The average Bonchev–Trinajstić information content (AvgIpc) is 3.04. The van der Waals surface area contributed by atoms with Gasteiger partial charge in [-0.3, -0.25) is 19.5 Å². The van der Waals surface area contributed by atoms with Crippen molar-refractivity contribution >= 4 is 23.1 Å². The molecule has 1 aromatic heterocycles. The molecule has 6 heteroatoms. The molecule has 0 bridgehead atoms. The predicted molar refractivity (Wildman–Crippen MR) is 123 cm³/mol. The van der Waals surface area contributed by atoms with Crippen LogP contribution in [0.25, 0.3) is 5.76 Å². The monoisotopic (exact) mass is 428 g/mol. The maximum Gasteiger partial charge on any atom is 0.300 e. The summed E-state index contributed by atoms with van der Waals surface area (Å²) in [5, 5.41) is 11.3. The predicted octanol–water partition coefficient (Wildman–Crippen LogP) is 4.64. The molecule has 1 N–H and O–H groups in total. The molecule has 3 aromatic rings. The van der Waals surface area contributed by atoms with Crippen LogP contribution in [0.15, 0.2) is 66.5 Å². The third-order valence-corrected chi connectivity index (χ3v) is 5.64. The highest BCUT2D eigenvalue weighted by molar-refractivity contribution is 6.51. The van der Waals surface area contributed by atoms with E-state index in [1.165, 1.54) is 4.90 Å². The van der Waals surface area contributed by atoms with Crippen molar-refractivity contribution in [2.45, 2.75) is 26.8 Å². The first-order valence-corrected chi connectivity index (χ1v) is 10.3. The Morgan fingerprint density at radius 1 is 0.969 bits per heavy atom. The first-order valence-electron chi connectivity index (χ1n) is 10.3. The zero-order chi connectivity index (χ0) is 23.0. The second-order valence-electron chi connectivity index (χ2n) is 7.98. The number of benzene rings is 2. The largest absolute Gasteiger partial charge is 0.507 e. The van der Waals surface area contributed by atoms with Gasteiger partial charge in [0.2, 0.25) is 0 Å². The number of hydrogen-bond donors (Lipinski definition) is 1. The van der Waals surface area contributed by atoms with Gasteiger partial charge in [-0.1, -0.05) is 6.07 Å². The highest BCUT2D eigenvalue weighted by Crippen LogP contribution is 2.42. The minimum atomic E-state index is -0.777. The topological polar surface area (TPSA) is 79.7 Å². The van der Waals surface area contributed by atoms with Gasteiger partial charge in [0.1, 0.15) is 11.5 Å². The van der Waals surface area contributed by atoms with Crippen LogP contribution in [0, 0.1) is 20.8 Å². The summed E-state index contributed by atoms with van der Waals surface area (Å²) >= 11 is 0. The molecule has 2 aromatic carbocycles. The fraction of sp³-hybridized carbons (Fsp3) is 0.192. The lowest BCUT2D eigenvalue weighted by Crippen LogP contribution is -2.29. The lowest BCUT2D eigenvalue weighted by atomic mass is 9.94. The van der Waals surface area contributed by atoms with Crippen molar-refractivity contribution in [3.05, 3.63) is 94.3 Å². The van der Waals surface area contributed by atoms with Gasteiger partial charge in [0.05, 0.1) is 18.7 Å². The van der Waals surface area contributed by atoms with Crippen LogP contribution >= 0.6 is 0 Å². The van der Waals surface area contributed by atoms with Crippen LogP contribution in [-0.2, 0) is 9.59 Å². The number of aromatic nitrogens is 1. The van der Waals surface area contributed by atoms with Gasteiger partial charge in [-0.05, 0) is 85.5 Å². The number of anilines is 1. The fourth-order valence-corrected chi connectivity index (χ4v) is 4.22. The molecule has 1 aliphatic rings.